The highest BCUT2D eigenvalue weighted by Crippen LogP contribution is 2.21. The quantitative estimate of drug-likeness (QED) is 0.824. The highest BCUT2D eigenvalue weighted by molar-refractivity contribution is 6.39. The van der Waals surface area contributed by atoms with Gasteiger partial charge in [0, 0.05) is 42.6 Å². The van der Waals surface area contributed by atoms with Crippen molar-refractivity contribution < 1.29 is 9.59 Å². The molecule has 0 saturated carbocycles. The molecule has 0 unspecified atom stereocenters. The first-order valence-electron chi connectivity index (χ1n) is 8.62. The maximum atomic E-state index is 12.5. The molecule has 1 aliphatic rings. The highest BCUT2D eigenvalue weighted by atomic mass is 35.5. The molecule has 26 heavy (non-hydrogen) atoms. The summed E-state index contributed by atoms with van der Waals surface area (Å²) in [7, 11) is 0. The van der Waals surface area contributed by atoms with Crippen LogP contribution in [0.1, 0.15) is 11.1 Å². The van der Waals surface area contributed by atoms with Gasteiger partial charge in [-0.3, -0.25) is 9.59 Å². The Labute approximate surface area is 158 Å². The van der Waals surface area contributed by atoms with Crippen molar-refractivity contribution in [3.05, 3.63) is 58.6 Å². The summed E-state index contributed by atoms with van der Waals surface area (Å²) in [4.78, 5) is 28.6. The van der Waals surface area contributed by atoms with E-state index in [0.717, 1.165) is 16.8 Å². The molecule has 1 fully saturated rings. The molecule has 1 saturated heterocycles. The van der Waals surface area contributed by atoms with Crippen molar-refractivity contribution >= 4 is 34.8 Å². The second kappa shape index (κ2) is 7.79. The molecular formula is C20H22ClN3O2. The molecule has 1 heterocycles. The largest absolute Gasteiger partial charge is 0.368 e. The molecule has 0 spiro atoms. The van der Waals surface area contributed by atoms with Crippen LogP contribution in [0.5, 0.6) is 0 Å². The lowest BCUT2D eigenvalue weighted by atomic mass is 10.1. The monoisotopic (exact) mass is 371 g/mol. The summed E-state index contributed by atoms with van der Waals surface area (Å²) in [6.45, 7) is 6.25. The van der Waals surface area contributed by atoms with E-state index in [1.807, 2.05) is 56.3 Å². The van der Waals surface area contributed by atoms with E-state index in [1.54, 1.807) is 4.90 Å². The SMILES string of the molecule is Cc1cccc(NC(=O)C(=O)N2CCN(c3cccc(Cl)c3)CC2)c1C. The van der Waals surface area contributed by atoms with Crippen LogP contribution in [0, 0.1) is 13.8 Å². The summed E-state index contributed by atoms with van der Waals surface area (Å²) < 4.78 is 0. The average molecular weight is 372 g/mol. The predicted molar refractivity (Wildman–Crippen MR) is 105 cm³/mol. The topological polar surface area (TPSA) is 52.7 Å². The number of nitrogens with zero attached hydrogens (tertiary/aromatic N) is 2. The first-order chi connectivity index (χ1) is 12.5. The molecule has 0 radical (unpaired) electrons. The van der Waals surface area contributed by atoms with Crippen molar-refractivity contribution in [2.75, 3.05) is 36.4 Å². The Morgan fingerprint density at radius 1 is 1.00 bits per heavy atom. The molecule has 2 aromatic rings. The molecule has 5 nitrogen and oxygen atoms in total. The van der Waals surface area contributed by atoms with Crippen molar-refractivity contribution in [1.29, 1.82) is 0 Å². The van der Waals surface area contributed by atoms with Gasteiger partial charge < -0.3 is 15.1 Å². The number of halogens is 1. The smallest absolute Gasteiger partial charge is 0.313 e. The minimum atomic E-state index is -0.588. The summed E-state index contributed by atoms with van der Waals surface area (Å²) in [6.07, 6.45) is 0. The minimum Gasteiger partial charge on any atom is -0.368 e. The van der Waals surface area contributed by atoms with Gasteiger partial charge in [-0.2, -0.15) is 0 Å². The van der Waals surface area contributed by atoms with E-state index < -0.39 is 11.8 Å². The van der Waals surface area contributed by atoms with Crippen LogP contribution in [0.3, 0.4) is 0 Å². The Morgan fingerprint density at radius 2 is 1.69 bits per heavy atom. The predicted octanol–water partition coefficient (Wildman–Crippen LogP) is 3.24. The fourth-order valence-electron chi connectivity index (χ4n) is 3.05. The van der Waals surface area contributed by atoms with Crippen LogP contribution in [-0.2, 0) is 9.59 Å². The molecule has 0 aromatic heterocycles. The zero-order valence-electron chi connectivity index (χ0n) is 15.0. The average Bonchev–Trinajstić information content (AvgIpc) is 2.65. The number of hydrogen-bond acceptors (Lipinski definition) is 3. The Kier molecular flexibility index (Phi) is 5.47. The zero-order valence-corrected chi connectivity index (χ0v) is 15.7. The van der Waals surface area contributed by atoms with Gasteiger partial charge in [0.05, 0.1) is 0 Å². The first-order valence-corrected chi connectivity index (χ1v) is 9.00. The van der Waals surface area contributed by atoms with Crippen LogP contribution in [-0.4, -0.2) is 42.9 Å². The Morgan fingerprint density at radius 3 is 2.38 bits per heavy atom. The van der Waals surface area contributed by atoms with Crippen molar-refractivity contribution in [3.63, 3.8) is 0 Å². The normalized spacial score (nSPS) is 14.3. The third kappa shape index (κ3) is 3.99. The van der Waals surface area contributed by atoms with Gasteiger partial charge in [-0.1, -0.05) is 29.8 Å². The van der Waals surface area contributed by atoms with E-state index in [9.17, 15) is 9.59 Å². The van der Waals surface area contributed by atoms with Crippen LogP contribution in [0.25, 0.3) is 0 Å². The Balaban J connectivity index is 1.59. The highest BCUT2D eigenvalue weighted by Gasteiger charge is 2.26. The molecular weight excluding hydrogens is 350 g/mol. The summed E-state index contributed by atoms with van der Waals surface area (Å²) in [5.41, 5.74) is 3.76. The van der Waals surface area contributed by atoms with Gasteiger partial charge in [0.15, 0.2) is 0 Å². The number of rotatable bonds is 2. The van der Waals surface area contributed by atoms with Crippen molar-refractivity contribution in [2.45, 2.75) is 13.8 Å². The van der Waals surface area contributed by atoms with Gasteiger partial charge in [-0.25, -0.2) is 0 Å². The lowest BCUT2D eigenvalue weighted by molar-refractivity contribution is -0.143. The molecule has 0 atom stereocenters. The Hall–Kier alpha value is -2.53. The number of anilines is 2. The van der Waals surface area contributed by atoms with Gasteiger partial charge in [-0.05, 0) is 49.2 Å². The van der Waals surface area contributed by atoms with Gasteiger partial charge in [0.2, 0.25) is 0 Å². The van der Waals surface area contributed by atoms with Gasteiger partial charge in [0.1, 0.15) is 0 Å². The van der Waals surface area contributed by atoms with E-state index in [-0.39, 0.29) is 0 Å². The molecule has 1 aliphatic heterocycles. The second-order valence-electron chi connectivity index (χ2n) is 6.46. The first kappa shape index (κ1) is 18.3. The number of piperazine rings is 1. The van der Waals surface area contributed by atoms with E-state index in [2.05, 4.69) is 10.2 Å². The molecule has 136 valence electrons. The standard InChI is InChI=1S/C20H22ClN3O2/c1-14-5-3-8-18(15(14)2)22-19(25)20(26)24-11-9-23(10-12-24)17-7-4-6-16(21)13-17/h3-8,13H,9-12H2,1-2H3,(H,22,25). The molecule has 2 amide bonds. The maximum absolute atomic E-state index is 12.5. The van der Waals surface area contributed by atoms with Crippen LogP contribution in [0.2, 0.25) is 5.02 Å². The summed E-state index contributed by atoms with van der Waals surface area (Å²) in [5.74, 6) is -1.08. The van der Waals surface area contributed by atoms with E-state index >= 15 is 0 Å². The third-order valence-electron chi connectivity index (χ3n) is 4.79. The van der Waals surface area contributed by atoms with Crippen LogP contribution < -0.4 is 10.2 Å². The molecule has 6 heteroatoms. The van der Waals surface area contributed by atoms with E-state index in [1.165, 1.54) is 0 Å². The van der Waals surface area contributed by atoms with Gasteiger partial charge in [-0.15, -0.1) is 0 Å². The van der Waals surface area contributed by atoms with Crippen molar-refractivity contribution in [2.24, 2.45) is 0 Å². The van der Waals surface area contributed by atoms with Crippen molar-refractivity contribution in [3.8, 4) is 0 Å². The number of amides is 2. The number of hydrogen-bond donors (Lipinski definition) is 1. The van der Waals surface area contributed by atoms with Gasteiger partial charge in [0.25, 0.3) is 0 Å². The number of nitrogens with one attached hydrogen (secondary N) is 1. The number of carbonyl (C=O) groups is 2. The molecule has 2 aromatic carbocycles. The van der Waals surface area contributed by atoms with Gasteiger partial charge >= 0.3 is 11.8 Å². The number of benzene rings is 2. The van der Waals surface area contributed by atoms with Crippen LogP contribution in [0.4, 0.5) is 11.4 Å². The lowest BCUT2D eigenvalue weighted by Gasteiger charge is -2.35. The molecule has 3 rings (SSSR count). The zero-order chi connectivity index (χ0) is 18.7. The van der Waals surface area contributed by atoms with Crippen molar-refractivity contribution in [1.82, 2.24) is 4.90 Å². The molecule has 0 bridgehead atoms. The molecule has 1 N–H and O–H groups in total. The van der Waals surface area contributed by atoms with Crippen LogP contribution in [0.15, 0.2) is 42.5 Å². The van der Waals surface area contributed by atoms with E-state index in [0.29, 0.717) is 36.9 Å². The van der Waals surface area contributed by atoms with Crippen LogP contribution >= 0.6 is 11.6 Å². The fourth-order valence-corrected chi connectivity index (χ4v) is 3.23. The Bertz CT molecular complexity index is 830. The lowest BCUT2D eigenvalue weighted by Crippen LogP contribution is -2.51. The summed E-state index contributed by atoms with van der Waals surface area (Å²) >= 11 is 6.04. The fraction of sp³-hybridized carbons (Fsp3) is 0.300. The molecule has 0 aliphatic carbocycles. The minimum absolute atomic E-state index is 0.489. The number of carbonyl (C=O) groups excluding carboxylic acids is 2. The maximum Gasteiger partial charge on any atom is 0.313 e. The summed E-state index contributed by atoms with van der Waals surface area (Å²) in [6, 6.07) is 13.3. The van der Waals surface area contributed by atoms with E-state index in [4.69, 9.17) is 11.6 Å². The second-order valence-corrected chi connectivity index (χ2v) is 6.90. The third-order valence-corrected chi connectivity index (χ3v) is 5.02. The summed E-state index contributed by atoms with van der Waals surface area (Å²) in [5, 5.41) is 3.43. The number of aryl methyl sites for hydroxylation is 1.